The maximum Gasteiger partial charge on any atom is 0.0402 e. The molecule has 1 saturated heterocycles. The maximum absolute atomic E-state index is 3.84. The van der Waals surface area contributed by atoms with Crippen molar-refractivity contribution in [2.45, 2.75) is 6.42 Å². The van der Waals surface area contributed by atoms with Crippen LogP contribution in [0.4, 0.5) is 5.69 Å². The number of benzene rings is 1. The van der Waals surface area contributed by atoms with Crippen LogP contribution in [-0.2, 0) is 6.42 Å². The molecule has 0 unspecified atom stereocenters. The second-order valence-corrected chi connectivity index (χ2v) is 4.70. The average molecular weight is 242 g/mol. The molecule has 0 saturated carbocycles. The molecular weight excluding hydrogens is 220 g/mol. The van der Waals surface area contributed by atoms with Gasteiger partial charge >= 0.3 is 0 Å². The number of hydrogen-bond donors (Lipinski definition) is 0. The fraction of sp³-hybridized carbons (Fsp3) is 0.375. The molecule has 0 aromatic heterocycles. The predicted octanol–water partition coefficient (Wildman–Crippen LogP) is 2.72. The van der Waals surface area contributed by atoms with Crippen LogP contribution in [0.1, 0.15) is 5.56 Å². The number of nitrogens with zero attached hydrogens (tertiary/aromatic N) is 2. The van der Waals surface area contributed by atoms with Crippen LogP contribution < -0.4 is 4.90 Å². The quantitative estimate of drug-likeness (QED) is 0.733. The van der Waals surface area contributed by atoms with Gasteiger partial charge in [0.15, 0.2) is 0 Å². The average Bonchev–Trinajstić information content (AvgIpc) is 2.41. The number of anilines is 1. The van der Waals surface area contributed by atoms with Gasteiger partial charge in [-0.05, 0) is 18.1 Å². The first-order valence-corrected chi connectivity index (χ1v) is 6.62. The van der Waals surface area contributed by atoms with Gasteiger partial charge in [0.2, 0.25) is 0 Å². The lowest BCUT2D eigenvalue weighted by Crippen LogP contribution is -2.46. The first kappa shape index (κ1) is 12.9. The maximum atomic E-state index is 3.84. The molecule has 1 aliphatic heterocycles. The van der Waals surface area contributed by atoms with Crippen molar-refractivity contribution in [1.29, 1.82) is 0 Å². The molecule has 0 spiro atoms. The lowest BCUT2D eigenvalue weighted by molar-refractivity contribution is 0.284. The van der Waals surface area contributed by atoms with Crippen molar-refractivity contribution in [3.8, 4) is 0 Å². The minimum Gasteiger partial charge on any atom is -0.369 e. The van der Waals surface area contributed by atoms with Crippen molar-refractivity contribution < 1.29 is 0 Å². The van der Waals surface area contributed by atoms with E-state index in [2.05, 4.69) is 47.2 Å². The molecule has 1 aliphatic rings. The highest BCUT2D eigenvalue weighted by molar-refractivity contribution is 5.54. The summed E-state index contributed by atoms with van der Waals surface area (Å²) in [6, 6.07) is 8.66. The van der Waals surface area contributed by atoms with E-state index in [4.69, 9.17) is 0 Å². The van der Waals surface area contributed by atoms with Crippen LogP contribution >= 0.6 is 0 Å². The van der Waals surface area contributed by atoms with E-state index in [-0.39, 0.29) is 0 Å². The Morgan fingerprint density at radius 2 is 1.72 bits per heavy atom. The zero-order valence-corrected chi connectivity index (χ0v) is 11.0. The summed E-state index contributed by atoms with van der Waals surface area (Å²) < 4.78 is 0. The largest absolute Gasteiger partial charge is 0.369 e. The van der Waals surface area contributed by atoms with Gasteiger partial charge in [0, 0.05) is 38.4 Å². The molecule has 0 N–H and O–H groups in total. The highest BCUT2D eigenvalue weighted by Crippen LogP contribution is 2.22. The summed E-state index contributed by atoms with van der Waals surface area (Å²) >= 11 is 0. The van der Waals surface area contributed by atoms with Crippen LogP contribution in [0.25, 0.3) is 0 Å². The van der Waals surface area contributed by atoms with Gasteiger partial charge in [-0.2, -0.15) is 0 Å². The molecule has 2 nitrogen and oxygen atoms in total. The van der Waals surface area contributed by atoms with Crippen molar-refractivity contribution in [2.75, 3.05) is 37.6 Å². The van der Waals surface area contributed by atoms with E-state index < -0.39 is 0 Å². The summed E-state index contributed by atoms with van der Waals surface area (Å²) in [4.78, 5) is 4.93. The van der Waals surface area contributed by atoms with Crippen molar-refractivity contribution in [1.82, 2.24) is 4.90 Å². The molecule has 18 heavy (non-hydrogen) atoms. The van der Waals surface area contributed by atoms with Crippen molar-refractivity contribution in [2.24, 2.45) is 0 Å². The minimum atomic E-state index is 0.947. The van der Waals surface area contributed by atoms with Crippen LogP contribution in [0.3, 0.4) is 0 Å². The molecule has 0 atom stereocenters. The molecule has 1 heterocycles. The van der Waals surface area contributed by atoms with Crippen LogP contribution in [-0.4, -0.2) is 37.6 Å². The molecule has 0 amide bonds. The Morgan fingerprint density at radius 3 is 2.39 bits per heavy atom. The summed E-state index contributed by atoms with van der Waals surface area (Å²) in [6.45, 7) is 13.1. The van der Waals surface area contributed by atoms with E-state index in [9.17, 15) is 0 Å². The molecule has 1 aromatic carbocycles. The molecule has 2 heteroatoms. The first-order valence-electron chi connectivity index (χ1n) is 6.62. The van der Waals surface area contributed by atoms with Crippen LogP contribution in [0.15, 0.2) is 49.6 Å². The Kier molecular flexibility index (Phi) is 4.59. The highest BCUT2D eigenvalue weighted by atomic mass is 15.3. The van der Waals surface area contributed by atoms with Crippen molar-refractivity contribution in [3.63, 3.8) is 0 Å². The third-order valence-electron chi connectivity index (χ3n) is 3.46. The van der Waals surface area contributed by atoms with E-state index in [0.29, 0.717) is 0 Å². The Hall–Kier alpha value is -1.54. The molecule has 0 aliphatic carbocycles. The third-order valence-corrected chi connectivity index (χ3v) is 3.46. The fourth-order valence-electron chi connectivity index (χ4n) is 2.50. The minimum absolute atomic E-state index is 0.947. The van der Waals surface area contributed by atoms with E-state index in [1.165, 1.54) is 11.3 Å². The summed E-state index contributed by atoms with van der Waals surface area (Å²) in [5.41, 5.74) is 2.75. The molecule has 0 bridgehead atoms. The van der Waals surface area contributed by atoms with Crippen LogP contribution in [0.5, 0.6) is 0 Å². The number of para-hydroxylation sites is 1. The Balaban J connectivity index is 2.04. The van der Waals surface area contributed by atoms with E-state index in [1.54, 1.807) is 0 Å². The van der Waals surface area contributed by atoms with Gasteiger partial charge in [-0.1, -0.05) is 30.4 Å². The SMILES string of the molecule is C=CCc1ccccc1N1CCN(CC=C)CC1. The monoisotopic (exact) mass is 242 g/mol. The molecule has 1 fully saturated rings. The normalized spacial score (nSPS) is 16.6. The summed E-state index contributed by atoms with van der Waals surface area (Å²) in [5.74, 6) is 0. The van der Waals surface area contributed by atoms with E-state index in [0.717, 1.165) is 39.1 Å². The molecule has 2 rings (SSSR count). The third kappa shape index (κ3) is 3.02. The summed E-state index contributed by atoms with van der Waals surface area (Å²) in [7, 11) is 0. The van der Waals surface area contributed by atoms with Gasteiger partial charge in [-0.25, -0.2) is 0 Å². The zero-order chi connectivity index (χ0) is 12.8. The second-order valence-electron chi connectivity index (χ2n) is 4.70. The van der Waals surface area contributed by atoms with Gasteiger partial charge in [0.1, 0.15) is 0 Å². The number of rotatable bonds is 5. The topological polar surface area (TPSA) is 6.48 Å². The van der Waals surface area contributed by atoms with E-state index >= 15 is 0 Å². The van der Waals surface area contributed by atoms with Crippen molar-refractivity contribution in [3.05, 3.63) is 55.1 Å². The summed E-state index contributed by atoms with van der Waals surface area (Å²) in [5, 5.41) is 0. The van der Waals surface area contributed by atoms with Crippen molar-refractivity contribution >= 4 is 5.69 Å². The highest BCUT2D eigenvalue weighted by Gasteiger charge is 2.17. The van der Waals surface area contributed by atoms with Crippen LogP contribution in [0.2, 0.25) is 0 Å². The number of piperazine rings is 1. The standard InChI is InChI=1S/C16H22N2/c1-3-7-15-8-5-6-9-16(15)18-13-11-17(10-4-2)12-14-18/h3-6,8-9H,1-2,7,10-14H2. The lowest BCUT2D eigenvalue weighted by atomic mass is 10.1. The fourth-order valence-corrected chi connectivity index (χ4v) is 2.50. The molecular formula is C16H22N2. The summed E-state index contributed by atoms with van der Waals surface area (Å²) in [6.07, 6.45) is 4.91. The van der Waals surface area contributed by atoms with Gasteiger partial charge in [0.25, 0.3) is 0 Å². The first-order chi connectivity index (χ1) is 8.85. The Labute approximate surface area is 110 Å². The second kappa shape index (κ2) is 6.41. The van der Waals surface area contributed by atoms with Crippen LogP contribution in [0, 0.1) is 0 Å². The van der Waals surface area contributed by atoms with E-state index in [1.807, 2.05) is 12.2 Å². The zero-order valence-electron chi connectivity index (χ0n) is 11.0. The number of hydrogen-bond acceptors (Lipinski definition) is 2. The molecule has 0 radical (unpaired) electrons. The Bertz CT molecular complexity index is 403. The predicted molar refractivity (Wildman–Crippen MR) is 79.2 cm³/mol. The lowest BCUT2D eigenvalue weighted by Gasteiger charge is -2.36. The number of allylic oxidation sites excluding steroid dienone is 1. The molecule has 1 aromatic rings. The molecule has 96 valence electrons. The smallest absolute Gasteiger partial charge is 0.0402 e. The van der Waals surface area contributed by atoms with Gasteiger partial charge in [-0.15, -0.1) is 13.2 Å². The van der Waals surface area contributed by atoms with Gasteiger partial charge < -0.3 is 4.90 Å². The van der Waals surface area contributed by atoms with Gasteiger partial charge in [0.05, 0.1) is 0 Å². The van der Waals surface area contributed by atoms with Gasteiger partial charge in [-0.3, -0.25) is 4.90 Å². The Morgan fingerprint density at radius 1 is 1.00 bits per heavy atom.